The van der Waals surface area contributed by atoms with E-state index >= 15 is 0 Å². The Bertz CT molecular complexity index is 606. The van der Waals surface area contributed by atoms with E-state index in [-0.39, 0.29) is 12.5 Å². The zero-order chi connectivity index (χ0) is 15.2. The van der Waals surface area contributed by atoms with Crippen molar-refractivity contribution in [2.24, 2.45) is 0 Å². The fourth-order valence-corrected chi connectivity index (χ4v) is 2.26. The maximum absolute atomic E-state index is 11.7. The van der Waals surface area contributed by atoms with Crippen LogP contribution in [0.5, 0.6) is 0 Å². The molecule has 110 valence electrons. The van der Waals surface area contributed by atoms with E-state index in [2.05, 4.69) is 5.32 Å². The Morgan fingerprint density at radius 2 is 1.90 bits per heavy atom. The smallest absolute Gasteiger partial charge is 0.339 e. The Morgan fingerprint density at radius 3 is 2.48 bits per heavy atom. The van der Waals surface area contributed by atoms with Crippen LogP contribution in [0.2, 0.25) is 0 Å². The molecule has 0 radical (unpaired) electrons. The van der Waals surface area contributed by atoms with E-state index in [1.54, 1.807) is 29.0 Å². The molecule has 0 unspecified atom stereocenters. The SMILES string of the molecule is CN(C)c1ccc(NC(=O)COC(=O)c2ccsc2)cc1. The molecule has 0 aliphatic carbocycles. The van der Waals surface area contributed by atoms with Crippen molar-refractivity contribution >= 4 is 34.6 Å². The summed E-state index contributed by atoms with van der Waals surface area (Å²) in [5.74, 6) is -0.856. The average molecular weight is 304 g/mol. The molecule has 0 fully saturated rings. The number of hydrogen-bond acceptors (Lipinski definition) is 5. The van der Waals surface area contributed by atoms with Gasteiger partial charge in [0.15, 0.2) is 6.61 Å². The van der Waals surface area contributed by atoms with Gasteiger partial charge in [-0.2, -0.15) is 11.3 Å². The Kier molecular flexibility index (Phi) is 4.94. The van der Waals surface area contributed by atoms with Crippen LogP contribution in [0.1, 0.15) is 10.4 Å². The first-order valence-corrected chi connectivity index (χ1v) is 7.27. The summed E-state index contributed by atoms with van der Waals surface area (Å²) in [7, 11) is 3.88. The zero-order valence-corrected chi connectivity index (χ0v) is 12.6. The van der Waals surface area contributed by atoms with E-state index in [4.69, 9.17) is 4.74 Å². The van der Waals surface area contributed by atoms with Crippen LogP contribution >= 0.6 is 11.3 Å². The molecule has 1 aromatic heterocycles. The number of carbonyl (C=O) groups is 2. The standard InChI is InChI=1S/C15H16N2O3S/c1-17(2)13-5-3-12(4-6-13)16-14(18)9-20-15(19)11-7-8-21-10-11/h3-8,10H,9H2,1-2H3,(H,16,18). The summed E-state index contributed by atoms with van der Waals surface area (Å²) in [4.78, 5) is 25.3. The minimum absolute atomic E-state index is 0.301. The molecule has 0 spiro atoms. The summed E-state index contributed by atoms with van der Waals surface area (Å²) in [6, 6.07) is 9.05. The lowest BCUT2D eigenvalue weighted by molar-refractivity contribution is -0.119. The third kappa shape index (κ3) is 4.32. The lowest BCUT2D eigenvalue weighted by Crippen LogP contribution is -2.20. The van der Waals surface area contributed by atoms with Crippen molar-refractivity contribution in [1.29, 1.82) is 0 Å². The second-order valence-electron chi connectivity index (χ2n) is 4.58. The van der Waals surface area contributed by atoms with E-state index < -0.39 is 5.97 Å². The molecule has 1 heterocycles. The third-order valence-corrected chi connectivity index (χ3v) is 3.44. The van der Waals surface area contributed by atoms with E-state index in [9.17, 15) is 9.59 Å². The first-order valence-electron chi connectivity index (χ1n) is 6.33. The molecule has 1 amide bonds. The van der Waals surface area contributed by atoms with E-state index in [1.807, 2.05) is 31.1 Å². The monoisotopic (exact) mass is 304 g/mol. The molecule has 0 atom stereocenters. The molecule has 0 saturated heterocycles. The minimum atomic E-state index is -0.491. The molecule has 0 bridgehead atoms. The number of nitrogens with one attached hydrogen (secondary N) is 1. The van der Waals surface area contributed by atoms with Crippen molar-refractivity contribution in [1.82, 2.24) is 0 Å². The van der Waals surface area contributed by atoms with Crippen LogP contribution in [0.15, 0.2) is 41.1 Å². The van der Waals surface area contributed by atoms with Gasteiger partial charge in [0.2, 0.25) is 0 Å². The molecule has 2 rings (SSSR count). The Hall–Kier alpha value is -2.34. The molecule has 21 heavy (non-hydrogen) atoms. The highest BCUT2D eigenvalue weighted by Gasteiger charge is 2.10. The third-order valence-electron chi connectivity index (χ3n) is 2.76. The fraction of sp³-hybridized carbons (Fsp3) is 0.200. The van der Waals surface area contributed by atoms with E-state index in [0.717, 1.165) is 5.69 Å². The number of ether oxygens (including phenoxy) is 1. The highest BCUT2D eigenvalue weighted by molar-refractivity contribution is 7.08. The number of carbonyl (C=O) groups excluding carboxylic acids is 2. The molecule has 2 aromatic rings. The van der Waals surface area contributed by atoms with Gasteiger partial charge in [0.05, 0.1) is 5.56 Å². The van der Waals surface area contributed by atoms with Crippen molar-refractivity contribution in [3.8, 4) is 0 Å². The predicted molar refractivity (Wildman–Crippen MR) is 84.0 cm³/mol. The Balaban J connectivity index is 1.83. The number of thiophene rings is 1. The maximum atomic E-state index is 11.7. The van der Waals surface area contributed by atoms with Crippen LogP contribution in [0, 0.1) is 0 Å². The summed E-state index contributed by atoms with van der Waals surface area (Å²) in [5.41, 5.74) is 2.16. The second kappa shape index (κ2) is 6.90. The summed E-state index contributed by atoms with van der Waals surface area (Å²) >= 11 is 1.40. The molecular weight excluding hydrogens is 288 g/mol. The van der Waals surface area contributed by atoms with Gasteiger partial charge in [0, 0.05) is 30.9 Å². The van der Waals surface area contributed by atoms with Crippen molar-refractivity contribution in [3.63, 3.8) is 0 Å². The fourth-order valence-electron chi connectivity index (χ4n) is 1.64. The summed E-state index contributed by atoms with van der Waals surface area (Å²) in [6.45, 7) is -0.301. The van der Waals surface area contributed by atoms with Crippen molar-refractivity contribution in [3.05, 3.63) is 46.7 Å². The van der Waals surface area contributed by atoms with Gasteiger partial charge in [0.1, 0.15) is 0 Å². The second-order valence-corrected chi connectivity index (χ2v) is 5.36. The zero-order valence-electron chi connectivity index (χ0n) is 11.8. The number of hydrogen-bond donors (Lipinski definition) is 1. The van der Waals surface area contributed by atoms with Gasteiger partial charge in [-0.3, -0.25) is 4.79 Å². The van der Waals surface area contributed by atoms with Crippen molar-refractivity contribution in [2.45, 2.75) is 0 Å². The van der Waals surface area contributed by atoms with Crippen LogP contribution < -0.4 is 10.2 Å². The van der Waals surface area contributed by atoms with Crippen molar-refractivity contribution in [2.75, 3.05) is 30.9 Å². The quantitative estimate of drug-likeness (QED) is 0.863. The number of benzene rings is 1. The molecular formula is C15H16N2O3S. The van der Waals surface area contributed by atoms with Crippen LogP contribution in [-0.4, -0.2) is 32.6 Å². The summed E-state index contributed by atoms with van der Waals surface area (Å²) in [5, 5.41) is 6.14. The van der Waals surface area contributed by atoms with Crippen LogP contribution in [0.4, 0.5) is 11.4 Å². The predicted octanol–water partition coefficient (Wildman–Crippen LogP) is 2.61. The largest absolute Gasteiger partial charge is 0.452 e. The van der Waals surface area contributed by atoms with Gasteiger partial charge < -0.3 is 15.0 Å². The maximum Gasteiger partial charge on any atom is 0.339 e. The van der Waals surface area contributed by atoms with Gasteiger partial charge in [-0.25, -0.2) is 4.79 Å². The molecule has 0 saturated carbocycles. The number of esters is 1. The lowest BCUT2D eigenvalue weighted by Gasteiger charge is -2.13. The number of nitrogens with zero attached hydrogens (tertiary/aromatic N) is 1. The normalized spacial score (nSPS) is 10.0. The number of amides is 1. The topological polar surface area (TPSA) is 58.6 Å². The van der Waals surface area contributed by atoms with Gasteiger partial charge in [0.25, 0.3) is 5.91 Å². The minimum Gasteiger partial charge on any atom is -0.452 e. The van der Waals surface area contributed by atoms with Gasteiger partial charge in [-0.1, -0.05) is 0 Å². The van der Waals surface area contributed by atoms with Crippen molar-refractivity contribution < 1.29 is 14.3 Å². The number of rotatable bonds is 5. The van der Waals surface area contributed by atoms with Gasteiger partial charge in [-0.05, 0) is 35.7 Å². The highest BCUT2D eigenvalue weighted by Crippen LogP contribution is 2.15. The summed E-state index contributed by atoms with van der Waals surface area (Å²) in [6.07, 6.45) is 0. The van der Waals surface area contributed by atoms with Crippen LogP contribution in [0.3, 0.4) is 0 Å². The van der Waals surface area contributed by atoms with Crippen LogP contribution in [0.25, 0.3) is 0 Å². The van der Waals surface area contributed by atoms with Gasteiger partial charge >= 0.3 is 5.97 Å². The average Bonchev–Trinajstić information content (AvgIpc) is 2.99. The molecule has 0 aliphatic heterocycles. The molecule has 1 aromatic carbocycles. The molecule has 5 nitrogen and oxygen atoms in total. The first kappa shape index (κ1) is 15.1. The number of anilines is 2. The molecule has 0 aliphatic rings. The van der Waals surface area contributed by atoms with Gasteiger partial charge in [-0.15, -0.1) is 0 Å². The Morgan fingerprint density at radius 1 is 1.19 bits per heavy atom. The lowest BCUT2D eigenvalue weighted by atomic mass is 10.2. The molecule has 1 N–H and O–H groups in total. The summed E-state index contributed by atoms with van der Waals surface area (Å²) < 4.78 is 4.93. The first-order chi connectivity index (χ1) is 10.1. The molecule has 6 heteroatoms. The highest BCUT2D eigenvalue weighted by atomic mass is 32.1. The van der Waals surface area contributed by atoms with Crippen LogP contribution in [-0.2, 0) is 9.53 Å². The van der Waals surface area contributed by atoms with E-state index in [0.29, 0.717) is 11.3 Å². The van der Waals surface area contributed by atoms with E-state index in [1.165, 1.54) is 11.3 Å². The Labute approximate surface area is 127 Å².